The number of rotatable bonds is 6. The van der Waals surface area contributed by atoms with Gasteiger partial charge in [0.15, 0.2) is 18.1 Å². The maximum atomic E-state index is 15.1. The normalized spacial score (nSPS) is 11.6. The molecule has 5 aromatic rings. The number of hydrogen-bond acceptors (Lipinski definition) is 5. The van der Waals surface area contributed by atoms with E-state index in [9.17, 15) is 18.0 Å². The van der Waals surface area contributed by atoms with E-state index in [4.69, 9.17) is 4.74 Å². The van der Waals surface area contributed by atoms with Crippen LogP contribution in [0.2, 0.25) is 0 Å². The van der Waals surface area contributed by atoms with Crippen LogP contribution in [0.1, 0.15) is 0 Å². The quantitative estimate of drug-likeness (QED) is 0.327. The number of hydrogen-bond donors (Lipinski definition) is 0. The van der Waals surface area contributed by atoms with E-state index in [0.29, 0.717) is 11.4 Å². The minimum Gasteiger partial charge on any atom is -0.468 e. The van der Waals surface area contributed by atoms with E-state index in [1.54, 1.807) is 10.7 Å². The highest BCUT2D eigenvalue weighted by Crippen LogP contribution is 2.24. The fraction of sp³-hybridized carbons (Fsp3) is 0.0833. The Morgan fingerprint density at radius 2 is 1.61 bits per heavy atom. The molecule has 2 aromatic carbocycles. The topological polar surface area (TPSA) is 79.8 Å². The van der Waals surface area contributed by atoms with Crippen LogP contribution in [0.5, 0.6) is 5.88 Å². The smallest absolute Gasteiger partial charge is 0.422 e. The number of alkyl halides is 3. The van der Waals surface area contributed by atoms with Crippen molar-refractivity contribution in [1.29, 1.82) is 0 Å². The molecule has 8 nitrogen and oxygen atoms in total. The second kappa shape index (κ2) is 9.13. The summed E-state index contributed by atoms with van der Waals surface area (Å²) < 4.78 is 61.2. The largest absolute Gasteiger partial charge is 0.468 e. The number of ether oxygens (including phenoxy) is 1. The molecule has 0 bridgehead atoms. The van der Waals surface area contributed by atoms with Crippen molar-refractivity contribution in [2.75, 3.05) is 6.61 Å². The van der Waals surface area contributed by atoms with Crippen molar-refractivity contribution >= 4 is 0 Å². The van der Waals surface area contributed by atoms with Gasteiger partial charge in [-0.15, -0.1) is 0 Å². The van der Waals surface area contributed by atoms with Crippen molar-refractivity contribution in [3.8, 4) is 34.3 Å². The summed E-state index contributed by atoms with van der Waals surface area (Å²) in [6.07, 6.45) is -0.450. The molecule has 0 saturated heterocycles. The highest BCUT2D eigenvalue weighted by Gasteiger charge is 2.29. The Bertz CT molecular complexity index is 1570. The third-order valence-electron chi connectivity index (χ3n) is 5.11. The number of nitrogens with zero attached hydrogens (tertiary/aromatic N) is 6. The van der Waals surface area contributed by atoms with Gasteiger partial charge < -0.3 is 4.74 Å². The molecule has 0 fully saturated rings. The van der Waals surface area contributed by atoms with E-state index in [2.05, 4.69) is 15.3 Å². The summed E-state index contributed by atoms with van der Waals surface area (Å²) in [5, 5.41) is 12.5. The summed E-state index contributed by atoms with van der Waals surface area (Å²) in [6.45, 7) is -1.51. The van der Waals surface area contributed by atoms with Crippen molar-refractivity contribution in [3.63, 3.8) is 0 Å². The van der Waals surface area contributed by atoms with Crippen LogP contribution in [0.4, 0.5) is 17.6 Å². The molecule has 3 heterocycles. The van der Waals surface area contributed by atoms with Gasteiger partial charge in [0.05, 0.1) is 29.5 Å². The van der Waals surface area contributed by atoms with Crippen molar-refractivity contribution in [2.24, 2.45) is 0 Å². The molecule has 0 amide bonds. The summed E-state index contributed by atoms with van der Waals surface area (Å²) in [5.41, 5.74) is 0.951. The maximum absolute atomic E-state index is 15.1. The predicted molar refractivity (Wildman–Crippen MR) is 121 cm³/mol. The number of para-hydroxylation sites is 1. The third-order valence-corrected chi connectivity index (χ3v) is 5.11. The Morgan fingerprint density at radius 1 is 0.861 bits per heavy atom. The second-order valence-electron chi connectivity index (χ2n) is 7.56. The first-order chi connectivity index (χ1) is 17.3. The van der Waals surface area contributed by atoms with Crippen molar-refractivity contribution in [2.45, 2.75) is 6.18 Å². The summed E-state index contributed by atoms with van der Waals surface area (Å²) >= 11 is 0. The lowest BCUT2D eigenvalue weighted by Gasteiger charge is -2.13. The molecule has 182 valence electrons. The molecular formula is C24H16F4N6O2. The first kappa shape index (κ1) is 23.0. The fourth-order valence-corrected chi connectivity index (χ4v) is 3.54. The number of aromatic nitrogens is 6. The Morgan fingerprint density at radius 3 is 2.36 bits per heavy atom. The van der Waals surface area contributed by atoms with Crippen LogP contribution in [0.3, 0.4) is 0 Å². The van der Waals surface area contributed by atoms with E-state index in [1.807, 2.05) is 30.3 Å². The van der Waals surface area contributed by atoms with Crippen LogP contribution in [-0.2, 0) is 0 Å². The molecule has 3 aromatic heterocycles. The van der Waals surface area contributed by atoms with Gasteiger partial charge >= 0.3 is 6.18 Å². The Balaban J connectivity index is 1.49. The molecule has 0 aliphatic heterocycles. The van der Waals surface area contributed by atoms with Crippen LogP contribution in [0.25, 0.3) is 28.5 Å². The van der Waals surface area contributed by atoms with Gasteiger partial charge in [0.2, 0.25) is 11.3 Å². The minimum absolute atomic E-state index is 0.00990. The van der Waals surface area contributed by atoms with Crippen LogP contribution in [0.15, 0.2) is 90.1 Å². The molecule has 36 heavy (non-hydrogen) atoms. The van der Waals surface area contributed by atoms with E-state index in [-0.39, 0.29) is 28.4 Å². The molecule has 0 saturated carbocycles. The minimum atomic E-state index is -4.53. The Kier molecular flexibility index (Phi) is 5.84. The lowest BCUT2D eigenvalue weighted by atomic mass is 10.2. The average Bonchev–Trinajstić information content (AvgIpc) is 3.53. The first-order valence-corrected chi connectivity index (χ1v) is 10.5. The van der Waals surface area contributed by atoms with Crippen molar-refractivity contribution in [1.82, 2.24) is 29.3 Å². The fourth-order valence-electron chi connectivity index (χ4n) is 3.54. The Hall–Kier alpha value is -4.74. The summed E-state index contributed by atoms with van der Waals surface area (Å²) in [4.78, 5) is 12.6. The van der Waals surface area contributed by atoms with Crippen LogP contribution in [-0.4, -0.2) is 42.1 Å². The standard InChI is InChI=1S/C24H16F4N6O2/c25-18-14-17(34-22(9-12-30-34)36-15-24(26,27)28)6-7-19(18)32-13-10-21(35)23(31-32)20-8-11-29-33(20)16-4-2-1-3-5-16/h1-14H,15H2. The first-order valence-electron chi connectivity index (χ1n) is 10.5. The monoisotopic (exact) mass is 496 g/mol. The zero-order chi connectivity index (χ0) is 25.3. The van der Waals surface area contributed by atoms with Crippen LogP contribution in [0, 0.1) is 5.82 Å². The molecule has 0 N–H and O–H groups in total. The lowest BCUT2D eigenvalue weighted by molar-refractivity contribution is -0.154. The molecule has 0 atom stereocenters. The molecular weight excluding hydrogens is 480 g/mol. The molecule has 5 rings (SSSR count). The van der Waals surface area contributed by atoms with E-state index in [1.165, 1.54) is 47.5 Å². The van der Waals surface area contributed by atoms with Gasteiger partial charge in [-0.1, -0.05) is 18.2 Å². The van der Waals surface area contributed by atoms with Gasteiger partial charge in [0.1, 0.15) is 5.69 Å². The molecule has 0 radical (unpaired) electrons. The molecule has 12 heteroatoms. The van der Waals surface area contributed by atoms with Gasteiger partial charge in [-0.2, -0.15) is 28.5 Å². The molecule has 0 aliphatic carbocycles. The summed E-state index contributed by atoms with van der Waals surface area (Å²) in [7, 11) is 0. The third kappa shape index (κ3) is 4.60. The van der Waals surface area contributed by atoms with Gasteiger partial charge in [0.25, 0.3) is 0 Å². The highest BCUT2D eigenvalue weighted by atomic mass is 19.4. The number of halogens is 4. The zero-order valence-corrected chi connectivity index (χ0v) is 18.3. The van der Waals surface area contributed by atoms with E-state index in [0.717, 1.165) is 10.7 Å². The maximum Gasteiger partial charge on any atom is 0.422 e. The van der Waals surface area contributed by atoms with Crippen LogP contribution >= 0.6 is 0 Å². The Labute approximate surface area is 200 Å². The van der Waals surface area contributed by atoms with E-state index >= 15 is 4.39 Å². The van der Waals surface area contributed by atoms with Gasteiger partial charge in [-0.25, -0.2) is 18.4 Å². The SMILES string of the molecule is O=c1ccn(-c2ccc(-n3nccc3OCC(F)(F)F)cc2F)nc1-c1ccnn1-c1ccccc1. The average molecular weight is 496 g/mol. The molecule has 0 aliphatic rings. The van der Waals surface area contributed by atoms with Gasteiger partial charge in [0, 0.05) is 24.4 Å². The van der Waals surface area contributed by atoms with Crippen molar-refractivity contribution in [3.05, 3.63) is 101 Å². The predicted octanol–water partition coefficient (Wildman–Crippen LogP) is 4.35. The summed E-state index contributed by atoms with van der Waals surface area (Å²) in [6, 6.07) is 17.2. The highest BCUT2D eigenvalue weighted by molar-refractivity contribution is 5.57. The molecule has 0 spiro atoms. The van der Waals surface area contributed by atoms with Crippen LogP contribution < -0.4 is 10.2 Å². The number of benzene rings is 2. The molecule has 0 unspecified atom stereocenters. The van der Waals surface area contributed by atoms with Gasteiger partial charge in [-0.05, 0) is 30.3 Å². The van der Waals surface area contributed by atoms with E-state index < -0.39 is 18.6 Å². The summed E-state index contributed by atoms with van der Waals surface area (Å²) in [5.74, 6) is -0.944. The lowest BCUT2D eigenvalue weighted by Crippen LogP contribution is -2.20. The zero-order valence-electron chi connectivity index (χ0n) is 18.3. The van der Waals surface area contributed by atoms with Crippen molar-refractivity contribution < 1.29 is 22.3 Å². The van der Waals surface area contributed by atoms with Gasteiger partial charge in [-0.3, -0.25) is 4.79 Å². The second-order valence-corrected chi connectivity index (χ2v) is 7.56.